The molecule has 2 aromatic rings. The number of hydrogen-bond acceptors (Lipinski definition) is 5. The normalized spacial score (nSPS) is 25.8. The van der Waals surface area contributed by atoms with E-state index < -0.39 is 6.10 Å². The van der Waals surface area contributed by atoms with E-state index in [0.29, 0.717) is 24.9 Å². The van der Waals surface area contributed by atoms with Gasteiger partial charge in [-0.25, -0.2) is 0 Å². The number of pyridine rings is 1. The van der Waals surface area contributed by atoms with Gasteiger partial charge >= 0.3 is 0 Å². The minimum absolute atomic E-state index is 0.0734. The predicted molar refractivity (Wildman–Crippen MR) is 120 cm³/mol. The van der Waals surface area contributed by atoms with Gasteiger partial charge in [0.2, 0.25) is 5.91 Å². The highest BCUT2D eigenvalue weighted by Gasteiger charge is 2.43. The van der Waals surface area contributed by atoms with Gasteiger partial charge in [0.1, 0.15) is 11.9 Å². The minimum atomic E-state index is -0.485. The lowest BCUT2D eigenvalue weighted by molar-refractivity contribution is -0.122. The number of aliphatic hydroxyl groups is 1. The zero-order chi connectivity index (χ0) is 21.8. The molecule has 1 aromatic carbocycles. The van der Waals surface area contributed by atoms with Gasteiger partial charge in [0.25, 0.3) is 0 Å². The van der Waals surface area contributed by atoms with Crippen LogP contribution in [0.5, 0.6) is 5.75 Å². The number of benzene rings is 1. The van der Waals surface area contributed by atoms with Gasteiger partial charge in [-0.15, -0.1) is 0 Å². The number of aliphatic hydroxyl groups excluding tert-OH is 1. The average Bonchev–Trinajstić information content (AvgIpc) is 3.11. The summed E-state index contributed by atoms with van der Waals surface area (Å²) in [6.45, 7) is 6.72. The van der Waals surface area contributed by atoms with Crippen molar-refractivity contribution in [2.24, 2.45) is 11.8 Å². The van der Waals surface area contributed by atoms with Gasteiger partial charge in [-0.1, -0.05) is 30.3 Å². The van der Waals surface area contributed by atoms with Crippen LogP contribution in [-0.4, -0.2) is 59.3 Å². The SMILES string of the molecule is Cc1ccc(O[C@@H]2C[C@@H]3CN(CC(=O)NCCc4ccccc4)C[C@@H]3C[C@H]2O)c(C)n1. The Labute approximate surface area is 184 Å². The lowest BCUT2D eigenvalue weighted by Gasteiger charge is -2.35. The van der Waals surface area contributed by atoms with Crippen LogP contribution in [0.15, 0.2) is 42.5 Å². The molecule has 31 heavy (non-hydrogen) atoms. The van der Waals surface area contributed by atoms with E-state index in [-0.39, 0.29) is 12.0 Å². The number of nitrogens with one attached hydrogen (secondary N) is 1. The first-order valence-electron chi connectivity index (χ1n) is 11.3. The van der Waals surface area contributed by atoms with Crippen molar-refractivity contribution in [3.63, 3.8) is 0 Å². The highest BCUT2D eigenvalue weighted by Crippen LogP contribution is 2.38. The van der Waals surface area contributed by atoms with Gasteiger partial charge in [-0.3, -0.25) is 14.7 Å². The maximum atomic E-state index is 12.4. The van der Waals surface area contributed by atoms with Crippen LogP contribution in [0.2, 0.25) is 0 Å². The lowest BCUT2D eigenvalue weighted by atomic mass is 9.78. The number of fused-ring (bicyclic) bond motifs is 1. The summed E-state index contributed by atoms with van der Waals surface area (Å²) in [5, 5.41) is 13.7. The first kappa shape index (κ1) is 21.8. The number of hydrogen-bond donors (Lipinski definition) is 2. The summed E-state index contributed by atoms with van der Waals surface area (Å²) in [6, 6.07) is 14.1. The van der Waals surface area contributed by atoms with E-state index in [0.717, 1.165) is 49.5 Å². The summed E-state index contributed by atoms with van der Waals surface area (Å²) in [5.74, 6) is 1.69. The average molecular weight is 424 g/mol. The molecule has 0 bridgehead atoms. The number of likely N-dealkylation sites (tertiary alicyclic amines) is 1. The molecule has 4 rings (SSSR count). The molecule has 1 amide bonds. The monoisotopic (exact) mass is 423 g/mol. The van der Waals surface area contributed by atoms with Gasteiger partial charge in [0, 0.05) is 25.3 Å². The van der Waals surface area contributed by atoms with E-state index in [1.165, 1.54) is 5.56 Å². The van der Waals surface area contributed by atoms with E-state index in [2.05, 4.69) is 27.3 Å². The van der Waals surface area contributed by atoms with Crippen molar-refractivity contribution < 1.29 is 14.6 Å². The molecule has 1 aliphatic heterocycles. The molecule has 0 radical (unpaired) electrons. The Bertz CT molecular complexity index is 889. The predicted octanol–water partition coefficient (Wildman–Crippen LogP) is 2.51. The molecule has 6 heteroatoms. The van der Waals surface area contributed by atoms with Crippen LogP contribution in [-0.2, 0) is 11.2 Å². The van der Waals surface area contributed by atoms with Gasteiger partial charge in [-0.2, -0.15) is 0 Å². The third-order valence-corrected chi connectivity index (χ3v) is 6.56. The number of ether oxygens (including phenoxy) is 1. The molecule has 166 valence electrons. The van der Waals surface area contributed by atoms with Crippen LogP contribution in [0, 0.1) is 25.7 Å². The van der Waals surface area contributed by atoms with E-state index in [9.17, 15) is 9.90 Å². The molecule has 2 heterocycles. The number of nitrogens with zero attached hydrogens (tertiary/aromatic N) is 2. The molecule has 0 unspecified atom stereocenters. The Hall–Kier alpha value is -2.44. The van der Waals surface area contributed by atoms with E-state index in [1.54, 1.807) is 0 Å². The summed E-state index contributed by atoms with van der Waals surface area (Å²) in [5.41, 5.74) is 3.05. The van der Waals surface area contributed by atoms with Gasteiger partial charge in [-0.05, 0) is 62.6 Å². The highest BCUT2D eigenvalue weighted by molar-refractivity contribution is 5.78. The molecule has 1 saturated heterocycles. The largest absolute Gasteiger partial charge is 0.486 e. The number of carbonyl (C=O) groups is 1. The van der Waals surface area contributed by atoms with Crippen molar-refractivity contribution in [2.45, 2.75) is 45.3 Å². The molecular formula is C25H33N3O3. The van der Waals surface area contributed by atoms with Crippen molar-refractivity contribution in [2.75, 3.05) is 26.2 Å². The second kappa shape index (κ2) is 9.79. The van der Waals surface area contributed by atoms with Crippen LogP contribution < -0.4 is 10.1 Å². The Morgan fingerprint density at radius 1 is 1.13 bits per heavy atom. The molecule has 0 spiro atoms. The number of amides is 1. The zero-order valence-electron chi connectivity index (χ0n) is 18.5. The second-order valence-corrected chi connectivity index (χ2v) is 9.03. The first-order chi connectivity index (χ1) is 15.0. The van der Waals surface area contributed by atoms with Crippen LogP contribution in [0.3, 0.4) is 0 Å². The molecule has 2 fully saturated rings. The molecule has 2 N–H and O–H groups in total. The van der Waals surface area contributed by atoms with E-state index in [1.807, 2.05) is 44.2 Å². The smallest absolute Gasteiger partial charge is 0.234 e. The molecule has 6 nitrogen and oxygen atoms in total. The van der Waals surface area contributed by atoms with Crippen molar-refractivity contribution in [3.05, 3.63) is 59.4 Å². The summed E-state index contributed by atoms with van der Waals surface area (Å²) >= 11 is 0. The van der Waals surface area contributed by atoms with Crippen molar-refractivity contribution in [3.8, 4) is 5.75 Å². The molecular weight excluding hydrogens is 390 g/mol. The summed E-state index contributed by atoms with van der Waals surface area (Å²) in [4.78, 5) is 19.1. The Kier molecular flexibility index (Phi) is 6.88. The maximum absolute atomic E-state index is 12.4. The number of aromatic nitrogens is 1. The van der Waals surface area contributed by atoms with Crippen molar-refractivity contribution >= 4 is 5.91 Å². The number of carbonyl (C=O) groups excluding carboxylic acids is 1. The van der Waals surface area contributed by atoms with Gasteiger partial charge < -0.3 is 15.2 Å². The molecule has 1 saturated carbocycles. The van der Waals surface area contributed by atoms with Crippen LogP contribution in [0.25, 0.3) is 0 Å². The third kappa shape index (κ3) is 5.63. The second-order valence-electron chi connectivity index (χ2n) is 9.03. The standard InChI is InChI=1S/C25H33N3O3/c1-17-8-9-23(18(2)27-17)31-24-13-21-15-28(14-20(21)12-22(24)29)16-25(30)26-11-10-19-6-4-3-5-7-19/h3-9,20-22,24,29H,10-16H2,1-2H3,(H,26,30)/t20-,21+,22+,24+/m0/s1. The topological polar surface area (TPSA) is 74.7 Å². The fraction of sp³-hybridized carbons (Fsp3) is 0.520. The molecule has 1 aliphatic carbocycles. The van der Waals surface area contributed by atoms with E-state index >= 15 is 0 Å². The van der Waals surface area contributed by atoms with Crippen LogP contribution >= 0.6 is 0 Å². The maximum Gasteiger partial charge on any atom is 0.234 e. The lowest BCUT2D eigenvalue weighted by Crippen LogP contribution is -2.42. The molecule has 2 aliphatic rings. The molecule has 4 atom stereocenters. The molecule has 1 aromatic heterocycles. The summed E-state index contributed by atoms with van der Waals surface area (Å²) in [7, 11) is 0. The number of aryl methyl sites for hydroxylation is 2. The van der Waals surface area contributed by atoms with Crippen molar-refractivity contribution in [1.29, 1.82) is 0 Å². The Morgan fingerprint density at radius 2 is 1.87 bits per heavy atom. The van der Waals surface area contributed by atoms with Crippen molar-refractivity contribution in [1.82, 2.24) is 15.2 Å². The number of rotatable bonds is 7. The fourth-order valence-corrected chi connectivity index (χ4v) is 4.95. The minimum Gasteiger partial charge on any atom is -0.486 e. The summed E-state index contributed by atoms with van der Waals surface area (Å²) < 4.78 is 6.16. The fourth-order valence-electron chi connectivity index (χ4n) is 4.95. The Morgan fingerprint density at radius 3 is 2.61 bits per heavy atom. The first-order valence-corrected chi connectivity index (χ1v) is 11.3. The van der Waals surface area contributed by atoms with Crippen LogP contribution in [0.1, 0.15) is 29.8 Å². The Balaban J connectivity index is 1.25. The quantitative estimate of drug-likeness (QED) is 0.716. The van der Waals surface area contributed by atoms with Gasteiger partial charge in [0.05, 0.1) is 18.3 Å². The summed E-state index contributed by atoms with van der Waals surface area (Å²) in [6.07, 6.45) is 1.67. The van der Waals surface area contributed by atoms with Gasteiger partial charge in [0.15, 0.2) is 0 Å². The third-order valence-electron chi connectivity index (χ3n) is 6.56. The highest BCUT2D eigenvalue weighted by atomic mass is 16.5. The van der Waals surface area contributed by atoms with E-state index in [4.69, 9.17) is 4.74 Å². The zero-order valence-corrected chi connectivity index (χ0v) is 18.5. The van der Waals surface area contributed by atoms with Crippen LogP contribution in [0.4, 0.5) is 0 Å².